The molecule has 1 aromatic rings. The van der Waals surface area contributed by atoms with Crippen molar-refractivity contribution in [3.05, 3.63) is 12.3 Å². The van der Waals surface area contributed by atoms with E-state index >= 15 is 0 Å². The monoisotopic (exact) mass is 167 g/mol. The largest absolute Gasteiger partial charge is 0.494 e. The Hall–Kier alpha value is -1.45. The SMILES string of the molecule is CCNc1nccc(OC)c1N. The smallest absolute Gasteiger partial charge is 0.153 e. The summed E-state index contributed by atoms with van der Waals surface area (Å²) in [6, 6.07) is 1.73. The highest BCUT2D eigenvalue weighted by atomic mass is 16.5. The van der Waals surface area contributed by atoms with Crippen molar-refractivity contribution in [2.24, 2.45) is 0 Å². The average Bonchev–Trinajstić information content (AvgIpc) is 2.09. The van der Waals surface area contributed by atoms with Crippen LogP contribution in [-0.4, -0.2) is 18.6 Å². The molecule has 0 aliphatic carbocycles. The lowest BCUT2D eigenvalue weighted by Gasteiger charge is -2.08. The van der Waals surface area contributed by atoms with Crippen molar-refractivity contribution in [2.75, 3.05) is 24.7 Å². The molecule has 0 spiro atoms. The van der Waals surface area contributed by atoms with Gasteiger partial charge in [-0.3, -0.25) is 0 Å². The number of nitrogens with two attached hydrogens (primary N) is 1. The zero-order chi connectivity index (χ0) is 8.97. The summed E-state index contributed by atoms with van der Waals surface area (Å²) < 4.78 is 5.03. The van der Waals surface area contributed by atoms with E-state index in [1.165, 1.54) is 0 Å². The highest BCUT2D eigenvalue weighted by molar-refractivity contribution is 5.68. The third-order valence-corrected chi connectivity index (χ3v) is 1.51. The van der Waals surface area contributed by atoms with Crippen molar-refractivity contribution >= 4 is 11.5 Å². The van der Waals surface area contributed by atoms with Gasteiger partial charge in [-0.15, -0.1) is 0 Å². The summed E-state index contributed by atoms with van der Waals surface area (Å²) in [4.78, 5) is 4.06. The predicted octanol–water partition coefficient (Wildman–Crippen LogP) is 1.10. The zero-order valence-electron chi connectivity index (χ0n) is 7.29. The van der Waals surface area contributed by atoms with Gasteiger partial charge in [0.2, 0.25) is 0 Å². The molecule has 0 amide bonds. The topological polar surface area (TPSA) is 60.2 Å². The van der Waals surface area contributed by atoms with Gasteiger partial charge in [0.25, 0.3) is 0 Å². The van der Waals surface area contributed by atoms with E-state index in [1.807, 2.05) is 6.92 Å². The summed E-state index contributed by atoms with van der Waals surface area (Å²) in [6.45, 7) is 2.78. The fourth-order valence-electron chi connectivity index (χ4n) is 0.942. The average molecular weight is 167 g/mol. The zero-order valence-corrected chi connectivity index (χ0v) is 7.29. The van der Waals surface area contributed by atoms with E-state index in [1.54, 1.807) is 19.4 Å². The van der Waals surface area contributed by atoms with Crippen molar-refractivity contribution < 1.29 is 4.74 Å². The lowest BCUT2D eigenvalue weighted by atomic mass is 10.3. The van der Waals surface area contributed by atoms with Crippen LogP contribution in [-0.2, 0) is 0 Å². The standard InChI is InChI=1S/C8H13N3O/c1-3-10-8-7(9)6(12-2)4-5-11-8/h4-5H,3,9H2,1-2H3,(H,10,11). The fourth-order valence-corrected chi connectivity index (χ4v) is 0.942. The molecule has 0 bridgehead atoms. The normalized spacial score (nSPS) is 9.50. The maximum absolute atomic E-state index is 5.73. The molecule has 0 saturated heterocycles. The maximum Gasteiger partial charge on any atom is 0.153 e. The Kier molecular flexibility index (Phi) is 2.74. The van der Waals surface area contributed by atoms with Crippen LogP contribution >= 0.6 is 0 Å². The van der Waals surface area contributed by atoms with Crippen molar-refractivity contribution in [3.63, 3.8) is 0 Å². The van der Waals surface area contributed by atoms with E-state index in [-0.39, 0.29) is 0 Å². The van der Waals surface area contributed by atoms with Crippen molar-refractivity contribution in [3.8, 4) is 5.75 Å². The second-order valence-corrected chi connectivity index (χ2v) is 2.31. The van der Waals surface area contributed by atoms with Crippen molar-refractivity contribution in [2.45, 2.75) is 6.92 Å². The minimum atomic E-state index is 0.557. The summed E-state index contributed by atoms with van der Waals surface area (Å²) in [5, 5.41) is 3.03. The minimum absolute atomic E-state index is 0.557. The molecule has 1 heterocycles. The number of hydrogen-bond donors (Lipinski definition) is 2. The molecule has 4 heteroatoms. The quantitative estimate of drug-likeness (QED) is 0.707. The van der Waals surface area contributed by atoms with Crippen LogP contribution in [0.15, 0.2) is 12.3 Å². The third kappa shape index (κ3) is 1.58. The molecule has 0 saturated carbocycles. The fraction of sp³-hybridized carbons (Fsp3) is 0.375. The molecule has 0 atom stereocenters. The van der Waals surface area contributed by atoms with Gasteiger partial charge in [0, 0.05) is 18.8 Å². The molecule has 0 aliphatic heterocycles. The molecule has 1 rings (SSSR count). The van der Waals surface area contributed by atoms with E-state index in [0.29, 0.717) is 17.3 Å². The van der Waals surface area contributed by atoms with Crippen LogP contribution in [0, 0.1) is 0 Å². The summed E-state index contributed by atoms with van der Waals surface area (Å²) >= 11 is 0. The van der Waals surface area contributed by atoms with Crippen molar-refractivity contribution in [1.82, 2.24) is 4.98 Å². The molecule has 3 N–H and O–H groups in total. The minimum Gasteiger partial charge on any atom is -0.494 e. The first-order chi connectivity index (χ1) is 5.79. The summed E-state index contributed by atoms with van der Waals surface area (Å²) in [5.41, 5.74) is 6.29. The third-order valence-electron chi connectivity index (χ3n) is 1.51. The Morgan fingerprint density at radius 2 is 2.42 bits per heavy atom. The van der Waals surface area contributed by atoms with Gasteiger partial charge in [-0.2, -0.15) is 0 Å². The molecule has 4 nitrogen and oxygen atoms in total. The van der Waals surface area contributed by atoms with Gasteiger partial charge in [0.1, 0.15) is 11.4 Å². The van der Waals surface area contributed by atoms with E-state index < -0.39 is 0 Å². The first kappa shape index (κ1) is 8.64. The number of aromatic nitrogens is 1. The lowest BCUT2D eigenvalue weighted by molar-refractivity contribution is 0.416. The van der Waals surface area contributed by atoms with Gasteiger partial charge in [-0.1, -0.05) is 0 Å². The van der Waals surface area contributed by atoms with Crippen LogP contribution in [0.25, 0.3) is 0 Å². The van der Waals surface area contributed by atoms with Crippen LogP contribution in [0.2, 0.25) is 0 Å². The summed E-state index contributed by atoms with van der Waals surface area (Å²) in [6.07, 6.45) is 1.66. The lowest BCUT2D eigenvalue weighted by Crippen LogP contribution is -2.04. The highest BCUT2D eigenvalue weighted by Gasteiger charge is 2.03. The Balaban J connectivity index is 2.97. The number of methoxy groups -OCH3 is 1. The molecule has 0 fully saturated rings. The number of anilines is 2. The van der Waals surface area contributed by atoms with Crippen LogP contribution in [0.4, 0.5) is 11.5 Å². The highest BCUT2D eigenvalue weighted by Crippen LogP contribution is 2.26. The van der Waals surface area contributed by atoms with Gasteiger partial charge in [0.05, 0.1) is 7.11 Å². The summed E-state index contributed by atoms with van der Waals surface area (Å²) in [7, 11) is 1.58. The number of hydrogen-bond acceptors (Lipinski definition) is 4. The van der Waals surface area contributed by atoms with E-state index in [0.717, 1.165) is 6.54 Å². The number of ether oxygens (including phenoxy) is 1. The molecule has 0 aromatic carbocycles. The Bertz CT molecular complexity index is 262. The van der Waals surface area contributed by atoms with E-state index in [2.05, 4.69) is 10.3 Å². The van der Waals surface area contributed by atoms with Crippen LogP contribution in [0.5, 0.6) is 5.75 Å². The van der Waals surface area contributed by atoms with Crippen LogP contribution in [0.3, 0.4) is 0 Å². The first-order valence-corrected chi connectivity index (χ1v) is 3.82. The van der Waals surface area contributed by atoms with E-state index in [4.69, 9.17) is 10.5 Å². The number of pyridine rings is 1. The number of nitrogens with one attached hydrogen (secondary N) is 1. The Morgan fingerprint density at radius 3 is 3.00 bits per heavy atom. The Labute approximate surface area is 71.7 Å². The molecule has 66 valence electrons. The molecule has 1 aromatic heterocycles. The van der Waals surface area contributed by atoms with Gasteiger partial charge in [-0.05, 0) is 6.92 Å². The Morgan fingerprint density at radius 1 is 1.67 bits per heavy atom. The second-order valence-electron chi connectivity index (χ2n) is 2.31. The second kappa shape index (κ2) is 3.80. The molecule has 0 unspecified atom stereocenters. The predicted molar refractivity (Wildman–Crippen MR) is 49.4 cm³/mol. The van der Waals surface area contributed by atoms with Crippen LogP contribution in [0.1, 0.15) is 6.92 Å². The maximum atomic E-state index is 5.73. The van der Waals surface area contributed by atoms with Gasteiger partial charge < -0.3 is 15.8 Å². The molecular formula is C8H13N3O. The number of nitrogens with zero attached hydrogens (tertiary/aromatic N) is 1. The van der Waals surface area contributed by atoms with Crippen molar-refractivity contribution in [1.29, 1.82) is 0 Å². The van der Waals surface area contributed by atoms with E-state index in [9.17, 15) is 0 Å². The molecular weight excluding hydrogens is 154 g/mol. The molecule has 12 heavy (non-hydrogen) atoms. The van der Waals surface area contributed by atoms with Crippen LogP contribution < -0.4 is 15.8 Å². The summed E-state index contributed by atoms with van der Waals surface area (Å²) in [5.74, 6) is 1.33. The van der Waals surface area contributed by atoms with Gasteiger partial charge in [0.15, 0.2) is 5.82 Å². The van der Waals surface area contributed by atoms with Gasteiger partial charge in [-0.25, -0.2) is 4.98 Å². The first-order valence-electron chi connectivity index (χ1n) is 3.82. The molecule has 0 radical (unpaired) electrons. The number of nitrogen functional groups attached to an aromatic ring is 1. The van der Waals surface area contributed by atoms with Gasteiger partial charge >= 0.3 is 0 Å². The molecule has 0 aliphatic rings. The number of rotatable bonds is 3.